The summed E-state index contributed by atoms with van der Waals surface area (Å²) in [5, 5.41) is 4.51. The predicted octanol–water partition coefficient (Wildman–Crippen LogP) is 3.13. The number of aliphatic imine (C=N–C) groups is 1. The second kappa shape index (κ2) is 7.33. The van der Waals surface area contributed by atoms with Crippen LogP contribution < -0.4 is 11.1 Å². The molecule has 0 spiro atoms. The second-order valence-corrected chi connectivity index (χ2v) is 8.20. The molecule has 0 aliphatic carbocycles. The minimum atomic E-state index is -1.36. The van der Waals surface area contributed by atoms with Crippen molar-refractivity contribution in [1.29, 1.82) is 0 Å². The van der Waals surface area contributed by atoms with E-state index >= 15 is 0 Å². The molecule has 1 aliphatic rings. The molecule has 3 N–H and O–H groups in total. The number of hydrogen-bond donors (Lipinski definition) is 2. The van der Waals surface area contributed by atoms with Crippen LogP contribution in [0, 0.1) is 5.82 Å². The van der Waals surface area contributed by atoms with E-state index in [-0.39, 0.29) is 11.7 Å². The van der Waals surface area contributed by atoms with Crippen molar-refractivity contribution >= 4 is 51.0 Å². The van der Waals surface area contributed by atoms with Crippen molar-refractivity contribution in [3.8, 4) is 0 Å². The van der Waals surface area contributed by atoms with Gasteiger partial charge in [-0.25, -0.2) is 18.6 Å². The Hall–Kier alpha value is -2.78. The smallest absolute Gasteiger partial charge is 0.203 e. The number of guanidine groups is 1. The van der Waals surface area contributed by atoms with Crippen molar-refractivity contribution < 1.29 is 8.60 Å². The van der Waals surface area contributed by atoms with Gasteiger partial charge in [0.25, 0.3) is 0 Å². The lowest BCUT2D eigenvalue weighted by Crippen LogP contribution is -2.41. The maximum Gasteiger partial charge on any atom is 0.203 e. The highest BCUT2D eigenvalue weighted by atomic mass is 35.5. The van der Waals surface area contributed by atoms with Crippen LogP contribution in [-0.4, -0.2) is 37.2 Å². The molecular formula is C18H16ClFN6OS. The van der Waals surface area contributed by atoms with Crippen LogP contribution in [0.1, 0.15) is 11.6 Å². The van der Waals surface area contributed by atoms with Crippen LogP contribution in [-0.2, 0) is 11.0 Å². The average molecular weight is 419 g/mol. The Morgan fingerprint density at radius 1 is 1.32 bits per heavy atom. The molecule has 0 saturated carbocycles. The highest BCUT2D eigenvalue weighted by molar-refractivity contribution is 7.83. The van der Waals surface area contributed by atoms with Gasteiger partial charge >= 0.3 is 0 Å². The van der Waals surface area contributed by atoms with Gasteiger partial charge in [0.15, 0.2) is 5.82 Å². The Bertz CT molecular complexity index is 1120. The summed E-state index contributed by atoms with van der Waals surface area (Å²) < 4.78 is 28.0. The predicted molar refractivity (Wildman–Crippen MR) is 109 cm³/mol. The molecular weight excluding hydrogens is 403 g/mol. The van der Waals surface area contributed by atoms with E-state index in [2.05, 4.69) is 20.3 Å². The number of pyridine rings is 2. The third-order valence-electron chi connectivity index (χ3n) is 4.40. The summed E-state index contributed by atoms with van der Waals surface area (Å²) in [5.74, 6) is 0.347. The van der Waals surface area contributed by atoms with Crippen molar-refractivity contribution in [1.82, 2.24) is 14.3 Å². The summed E-state index contributed by atoms with van der Waals surface area (Å²) in [4.78, 5) is 12.9. The van der Waals surface area contributed by atoms with E-state index in [0.29, 0.717) is 27.6 Å². The fourth-order valence-electron chi connectivity index (χ4n) is 2.93. The van der Waals surface area contributed by atoms with E-state index in [4.69, 9.17) is 17.3 Å². The molecule has 1 aliphatic heterocycles. The number of nitrogens with one attached hydrogen (secondary N) is 1. The van der Waals surface area contributed by atoms with E-state index in [1.54, 1.807) is 37.5 Å². The number of rotatable bonds is 3. The standard InChI is InChI=1S/C18H16ClFN6OS/c1-26-18(21)25-15(9-28(26)27)13-7-12(2-3-14(13)20)24-17-16-10(4-5-22-17)6-11(19)8-23-16/h2-8,15H,9H2,1H3,(H2,21,25)(H,22,24). The van der Waals surface area contributed by atoms with E-state index in [1.165, 1.54) is 16.6 Å². The number of benzene rings is 1. The number of fused-ring (bicyclic) bond motifs is 1. The monoisotopic (exact) mass is 418 g/mol. The molecule has 0 amide bonds. The molecule has 3 aromatic rings. The Kier molecular flexibility index (Phi) is 4.86. The molecule has 3 heterocycles. The zero-order chi connectivity index (χ0) is 19.8. The van der Waals surface area contributed by atoms with Crippen molar-refractivity contribution in [3.05, 3.63) is 59.1 Å². The molecule has 10 heteroatoms. The molecule has 0 bridgehead atoms. The van der Waals surface area contributed by atoms with Gasteiger partial charge < -0.3 is 11.1 Å². The first-order chi connectivity index (χ1) is 13.4. The average Bonchev–Trinajstić information content (AvgIpc) is 2.67. The van der Waals surface area contributed by atoms with Crippen molar-refractivity contribution in [2.75, 3.05) is 18.1 Å². The number of hydrogen-bond acceptors (Lipinski definition) is 6. The van der Waals surface area contributed by atoms with Gasteiger partial charge in [0.05, 0.1) is 16.8 Å². The number of nitrogens with two attached hydrogens (primary N) is 1. The molecule has 28 heavy (non-hydrogen) atoms. The first-order valence-electron chi connectivity index (χ1n) is 8.34. The molecule has 2 aromatic heterocycles. The van der Waals surface area contributed by atoms with Crippen LogP contribution in [0.5, 0.6) is 0 Å². The van der Waals surface area contributed by atoms with Gasteiger partial charge in [-0.3, -0.25) is 9.29 Å². The summed E-state index contributed by atoms with van der Waals surface area (Å²) in [6, 6.07) is 7.51. The van der Waals surface area contributed by atoms with E-state index < -0.39 is 22.8 Å². The van der Waals surface area contributed by atoms with E-state index in [9.17, 15) is 8.60 Å². The van der Waals surface area contributed by atoms with Gasteiger partial charge in [0.1, 0.15) is 22.3 Å². The minimum Gasteiger partial charge on any atom is -0.369 e. The maximum atomic E-state index is 14.4. The SMILES string of the molecule is CN1C(N)=NC(c2cc(Nc3nccc4cc(Cl)cnc34)ccc2F)CS1=O. The highest BCUT2D eigenvalue weighted by Gasteiger charge is 2.27. The van der Waals surface area contributed by atoms with Crippen LogP contribution >= 0.6 is 11.6 Å². The fourth-order valence-corrected chi connectivity index (χ4v) is 4.10. The molecule has 1 aromatic carbocycles. The van der Waals surface area contributed by atoms with Crippen LogP contribution in [0.3, 0.4) is 0 Å². The molecule has 7 nitrogen and oxygen atoms in total. The lowest BCUT2D eigenvalue weighted by molar-refractivity contribution is 0.578. The van der Waals surface area contributed by atoms with Crippen LogP contribution in [0.15, 0.2) is 47.7 Å². The van der Waals surface area contributed by atoms with Crippen LogP contribution in [0.25, 0.3) is 10.9 Å². The maximum absolute atomic E-state index is 14.4. The number of anilines is 2. The largest absolute Gasteiger partial charge is 0.369 e. The van der Waals surface area contributed by atoms with E-state index in [0.717, 1.165) is 5.39 Å². The third-order valence-corrected chi connectivity index (χ3v) is 6.01. The number of halogens is 2. The summed E-state index contributed by atoms with van der Waals surface area (Å²) in [6.45, 7) is 0. The number of nitrogens with zero attached hydrogens (tertiary/aromatic N) is 4. The topological polar surface area (TPSA) is 96.5 Å². The summed E-state index contributed by atoms with van der Waals surface area (Å²) in [6.07, 6.45) is 3.18. The third kappa shape index (κ3) is 3.50. The summed E-state index contributed by atoms with van der Waals surface area (Å²) >= 11 is 5.99. The van der Waals surface area contributed by atoms with Gasteiger partial charge in [-0.15, -0.1) is 0 Å². The van der Waals surface area contributed by atoms with Gasteiger partial charge in [0.2, 0.25) is 5.96 Å². The molecule has 2 unspecified atom stereocenters. The normalized spacial score (nSPS) is 19.5. The Morgan fingerprint density at radius 2 is 2.14 bits per heavy atom. The summed E-state index contributed by atoms with van der Waals surface area (Å²) in [5.41, 5.74) is 7.35. The quantitative estimate of drug-likeness (QED) is 0.681. The first-order valence-corrected chi connectivity index (χ1v) is 10.00. The van der Waals surface area contributed by atoms with E-state index in [1.807, 2.05) is 0 Å². The molecule has 144 valence electrons. The number of aromatic nitrogens is 2. The van der Waals surface area contributed by atoms with Gasteiger partial charge in [-0.1, -0.05) is 11.6 Å². The van der Waals surface area contributed by atoms with Gasteiger partial charge in [-0.2, -0.15) is 0 Å². The zero-order valence-corrected chi connectivity index (χ0v) is 16.3. The lowest BCUT2D eigenvalue weighted by Gasteiger charge is -2.26. The highest BCUT2D eigenvalue weighted by Crippen LogP contribution is 2.30. The van der Waals surface area contributed by atoms with Gasteiger partial charge in [0, 0.05) is 36.1 Å². The molecule has 4 rings (SSSR count). The Balaban J connectivity index is 1.70. The Labute approximate surface area is 168 Å². The van der Waals surface area contributed by atoms with Crippen molar-refractivity contribution in [3.63, 3.8) is 0 Å². The van der Waals surface area contributed by atoms with Crippen LogP contribution in [0.2, 0.25) is 5.02 Å². The lowest BCUT2D eigenvalue weighted by atomic mass is 10.1. The van der Waals surface area contributed by atoms with Gasteiger partial charge in [-0.05, 0) is 30.3 Å². The molecule has 0 saturated heterocycles. The Morgan fingerprint density at radius 3 is 2.93 bits per heavy atom. The fraction of sp³-hybridized carbons (Fsp3) is 0.167. The molecule has 2 atom stereocenters. The molecule has 0 radical (unpaired) electrons. The zero-order valence-electron chi connectivity index (χ0n) is 14.8. The summed E-state index contributed by atoms with van der Waals surface area (Å²) in [7, 11) is 0.225. The van der Waals surface area contributed by atoms with Crippen LogP contribution in [0.4, 0.5) is 15.9 Å². The molecule has 0 fully saturated rings. The van der Waals surface area contributed by atoms with Crippen molar-refractivity contribution in [2.24, 2.45) is 10.7 Å². The minimum absolute atomic E-state index is 0.115. The first kappa shape index (κ1) is 18.6. The van der Waals surface area contributed by atoms with Crippen molar-refractivity contribution in [2.45, 2.75) is 6.04 Å². The second-order valence-electron chi connectivity index (χ2n) is 6.23.